The molecule has 0 N–H and O–H groups in total. The van der Waals surface area contributed by atoms with E-state index < -0.39 is 0 Å². The molecule has 1 aliphatic heterocycles. The Kier molecular flexibility index (Phi) is 5.24. The quantitative estimate of drug-likeness (QED) is 0.411. The van der Waals surface area contributed by atoms with Crippen molar-refractivity contribution in [3.8, 4) is 5.75 Å². The van der Waals surface area contributed by atoms with Crippen LogP contribution in [0.5, 0.6) is 5.75 Å². The standard InChI is InChI=1S/C28H21ClN2O2S/c1-33-20-13-10-18(11-14-20)26-22-15-12-17-6-2-4-8-21(17)25(22)30-28-31(26)27(32)24(34-28)16-19-7-3-5-9-23(19)29/h2-11,13-14,16,26H,12,15H2,1H3/b24-16-/t26-/m1/s1. The molecule has 0 radical (unpaired) electrons. The Hall–Kier alpha value is -3.41. The van der Waals surface area contributed by atoms with E-state index in [1.54, 1.807) is 7.11 Å². The summed E-state index contributed by atoms with van der Waals surface area (Å²) in [6.07, 6.45) is 3.66. The van der Waals surface area contributed by atoms with Crippen molar-refractivity contribution in [2.24, 2.45) is 4.99 Å². The van der Waals surface area contributed by atoms with Crippen LogP contribution in [0.3, 0.4) is 0 Å². The fourth-order valence-corrected chi connectivity index (χ4v) is 6.02. The Balaban J connectivity index is 1.62. The molecule has 0 unspecified atom stereocenters. The summed E-state index contributed by atoms with van der Waals surface area (Å²) in [6.45, 7) is 0. The second-order valence-electron chi connectivity index (χ2n) is 8.41. The van der Waals surface area contributed by atoms with Gasteiger partial charge in [0.15, 0.2) is 4.80 Å². The van der Waals surface area contributed by atoms with Crippen molar-refractivity contribution in [3.05, 3.63) is 125 Å². The molecule has 1 aliphatic carbocycles. The Morgan fingerprint density at radius 2 is 1.79 bits per heavy atom. The van der Waals surface area contributed by atoms with Crippen LogP contribution in [0, 0.1) is 0 Å². The molecule has 0 amide bonds. The number of fused-ring (bicyclic) bond motifs is 3. The Bertz CT molecular complexity index is 1630. The van der Waals surface area contributed by atoms with Gasteiger partial charge in [-0.25, -0.2) is 4.99 Å². The first-order chi connectivity index (χ1) is 16.6. The first-order valence-electron chi connectivity index (χ1n) is 11.2. The maximum atomic E-state index is 13.7. The van der Waals surface area contributed by atoms with Gasteiger partial charge in [-0.05, 0) is 59.4 Å². The van der Waals surface area contributed by atoms with E-state index in [1.165, 1.54) is 22.5 Å². The molecule has 1 aromatic heterocycles. The topological polar surface area (TPSA) is 43.6 Å². The number of thiazole rings is 1. The zero-order valence-electron chi connectivity index (χ0n) is 18.5. The molecule has 2 aliphatic rings. The fraction of sp³-hybridized carbons (Fsp3) is 0.143. The normalized spacial score (nSPS) is 17.0. The Morgan fingerprint density at radius 1 is 1.03 bits per heavy atom. The van der Waals surface area contributed by atoms with Gasteiger partial charge in [0.05, 0.1) is 23.4 Å². The van der Waals surface area contributed by atoms with Gasteiger partial charge in [-0.1, -0.05) is 77.5 Å². The van der Waals surface area contributed by atoms with Crippen molar-refractivity contribution in [2.45, 2.75) is 18.9 Å². The van der Waals surface area contributed by atoms with E-state index in [2.05, 4.69) is 24.3 Å². The summed E-state index contributed by atoms with van der Waals surface area (Å²) in [5.41, 5.74) is 6.46. The maximum Gasteiger partial charge on any atom is 0.271 e. The minimum Gasteiger partial charge on any atom is -0.497 e. The average molecular weight is 485 g/mol. The number of benzene rings is 3. The second kappa shape index (κ2) is 8.42. The molecule has 34 heavy (non-hydrogen) atoms. The number of nitrogens with zero attached hydrogens (tertiary/aromatic N) is 2. The van der Waals surface area contributed by atoms with E-state index in [9.17, 15) is 4.79 Å². The predicted molar refractivity (Wildman–Crippen MR) is 137 cm³/mol. The highest BCUT2D eigenvalue weighted by Crippen LogP contribution is 2.41. The maximum absolute atomic E-state index is 13.7. The molecule has 1 atom stereocenters. The first-order valence-corrected chi connectivity index (χ1v) is 12.3. The van der Waals surface area contributed by atoms with Crippen molar-refractivity contribution in [1.29, 1.82) is 0 Å². The van der Waals surface area contributed by atoms with Crippen LogP contribution in [-0.4, -0.2) is 11.7 Å². The number of halogens is 1. The van der Waals surface area contributed by atoms with Gasteiger partial charge in [-0.15, -0.1) is 0 Å². The minimum atomic E-state index is -0.209. The number of aryl methyl sites for hydroxylation is 1. The molecule has 0 fully saturated rings. The summed E-state index contributed by atoms with van der Waals surface area (Å²) < 4.78 is 7.84. The average Bonchev–Trinajstić information content (AvgIpc) is 3.18. The van der Waals surface area contributed by atoms with E-state index in [0.29, 0.717) is 14.4 Å². The number of hydrogen-bond acceptors (Lipinski definition) is 4. The highest BCUT2D eigenvalue weighted by molar-refractivity contribution is 7.07. The van der Waals surface area contributed by atoms with Crippen LogP contribution in [0.15, 0.2) is 88.2 Å². The molecular weight excluding hydrogens is 464 g/mol. The number of ether oxygens (including phenoxy) is 1. The van der Waals surface area contributed by atoms with Crippen LogP contribution >= 0.6 is 22.9 Å². The largest absolute Gasteiger partial charge is 0.497 e. The minimum absolute atomic E-state index is 0.0464. The van der Waals surface area contributed by atoms with Crippen LogP contribution in [-0.2, 0) is 6.42 Å². The van der Waals surface area contributed by atoms with Crippen LogP contribution in [0.4, 0.5) is 0 Å². The Labute approximate surface area is 205 Å². The van der Waals surface area contributed by atoms with Gasteiger partial charge in [0, 0.05) is 10.6 Å². The Morgan fingerprint density at radius 3 is 2.59 bits per heavy atom. The molecule has 0 saturated heterocycles. The molecule has 4 aromatic rings. The number of methoxy groups -OCH3 is 1. The molecular formula is C28H21ClN2O2S. The fourth-order valence-electron chi connectivity index (χ4n) is 4.84. The molecule has 4 nitrogen and oxygen atoms in total. The molecule has 6 heteroatoms. The molecule has 3 aromatic carbocycles. The van der Waals surface area contributed by atoms with Crippen molar-refractivity contribution in [3.63, 3.8) is 0 Å². The summed E-state index contributed by atoms with van der Waals surface area (Å²) >= 11 is 7.80. The van der Waals surface area contributed by atoms with Crippen molar-refractivity contribution in [1.82, 2.24) is 4.57 Å². The lowest BCUT2D eigenvalue weighted by Crippen LogP contribution is -2.38. The van der Waals surface area contributed by atoms with Gasteiger partial charge < -0.3 is 4.74 Å². The third-order valence-electron chi connectivity index (χ3n) is 6.50. The number of allylic oxidation sites excluding steroid dienone is 1. The molecule has 168 valence electrons. The SMILES string of the molecule is COc1ccc([C@@H]2C3=C(N=c4s/c(=C\c5ccccc5Cl)c(=O)n42)c2ccccc2CC3)cc1. The first kappa shape index (κ1) is 21.1. The lowest BCUT2D eigenvalue weighted by atomic mass is 9.83. The van der Waals surface area contributed by atoms with E-state index >= 15 is 0 Å². The zero-order chi connectivity index (χ0) is 23.2. The summed E-state index contributed by atoms with van der Waals surface area (Å²) in [6, 6.07) is 23.8. The van der Waals surface area contributed by atoms with Gasteiger partial charge >= 0.3 is 0 Å². The van der Waals surface area contributed by atoms with Crippen molar-refractivity contribution < 1.29 is 4.74 Å². The smallest absolute Gasteiger partial charge is 0.271 e. The van der Waals surface area contributed by atoms with Crippen LogP contribution in [0.1, 0.15) is 34.7 Å². The lowest BCUT2D eigenvalue weighted by Gasteiger charge is -2.30. The van der Waals surface area contributed by atoms with E-state index in [1.807, 2.05) is 59.2 Å². The summed E-state index contributed by atoms with van der Waals surface area (Å²) in [5.74, 6) is 0.790. The van der Waals surface area contributed by atoms with Crippen LogP contribution in [0.25, 0.3) is 11.8 Å². The molecule has 2 heterocycles. The van der Waals surface area contributed by atoms with Crippen molar-refractivity contribution in [2.75, 3.05) is 7.11 Å². The second-order valence-corrected chi connectivity index (χ2v) is 9.82. The highest BCUT2D eigenvalue weighted by atomic mass is 35.5. The summed E-state index contributed by atoms with van der Waals surface area (Å²) in [7, 11) is 1.66. The summed E-state index contributed by atoms with van der Waals surface area (Å²) in [5, 5.41) is 0.619. The number of aromatic nitrogens is 1. The van der Waals surface area contributed by atoms with E-state index in [4.69, 9.17) is 21.3 Å². The molecule has 0 spiro atoms. The van der Waals surface area contributed by atoms with Gasteiger partial charge in [-0.3, -0.25) is 9.36 Å². The summed E-state index contributed by atoms with van der Waals surface area (Å²) in [4.78, 5) is 19.5. The third-order valence-corrected chi connectivity index (χ3v) is 7.82. The van der Waals surface area contributed by atoms with Crippen LogP contribution in [0.2, 0.25) is 5.02 Å². The monoisotopic (exact) mass is 484 g/mol. The highest BCUT2D eigenvalue weighted by Gasteiger charge is 2.32. The van der Waals surface area contributed by atoms with Gasteiger partial charge in [0.25, 0.3) is 5.56 Å². The molecule has 0 bridgehead atoms. The van der Waals surface area contributed by atoms with E-state index in [0.717, 1.165) is 41.0 Å². The van der Waals surface area contributed by atoms with Gasteiger partial charge in [-0.2, -0.15) is 0 Å². The van der Waals surface area contributed by atoms with Gasteiger partial charge in [0.1, 0.15) is 5.75 Å². The lowest BCUT2D eigenvalue weighted by molar-refractivity contribution is 0.414. The zero-order valence-corrected chi connectivity index (χ0v) is 20.1. The molecule has 0 saturated carbocycles. The predicted octanol–water partition coefficient (Wildman–Crippen LogP) is 4.98. The van der Waals surface area contributed by atoms with E-state index in [-0.39, 0.29) is 11.6 Å². The van der Waals surface area contributed by atoms with Crippen molar-refractivity contribution >= 4 is 34.7 Å². The number of hydrogen-bond donors (Lipinski definition) is 0. The van der Waals surface area contributed by atoms with Crippen LogP contribution < -0.4 is 19.6 Å². The van der Waals surface area contributed by atoms with Gasteiger partial charge in [0.2, 0.25) is 0 Å². The third kappa shape index (κ3) is 3.44. The number of rotatable bonds is 3. The molecule has 6 rings (SSSR count).